The van der Waals surface area contributed by atoms with Gasteiger partial charge in [-0.1, -0.05) is 11.2 Å². The van der Waals surface area contributed by atoms with E-state index in [4.69, 9.17) is 14.0 Å². The Morgan fingerprint density at radius 3 is 3.03 bits per heavy atom. The minimum absolute atomic E-state index is 0.0209. The Morgan fingerprint density at radius 2 is 2.14 bits per heavy atom. The van der Waals surface area contributed by atoms with Crippen molar-refractivity contribution in [2.45, 2.75) is 19.1 Å². The molecule has 0 aliphatic carbocycles. The van der Waals surface area contributed by atoms with Gasteiger partial charge in [0.2, 0.25) is 12.7 Å². The summed E-state index contributed by atoms with van der Waals surface area (Å²) in [6, 6.07) is 5.22. The molecule has 0 saturated heterocycles. The van der Waals surface area contributed by atoms with Crippen LogP contribution >= 0.6 is 0 Å². The first kappa shape index (κ1) is 17.4. The number of fused-ring (bicyclic) bond motifs is 2. The van der Waals surface area contributed by atoms with Gasteiger partial charge < -0.3 is 23.7 Å². The summed E-state index contributed by atoms with van der Waals surface area (Å²) in [5, 5.41) is 18.5. The zero-order chi connectivity index (χ0) is 20.0. The number of aryl methyl sites for hydroxylation is 1. The van der Waals surface area contributed by atoms with Crippen LogP contribution in [0, 0.1) is 0 Å². The molecule has 0 saturated carbocycles. The summed E-state index contributed by atoms with van der Waals surface area (Å²) >= 11 is 0. The van der Waals surface area contributed by atoms with Crippen molar-refractivity contribution in [3.63, 3.8) is 0 Å². The van der Waals surface area contributed by atoms with Gasteiger partial charge in [0.25, 0.3) is 5.56 Å². The number of hydrogen-bond donors (Lipinski definition) is 1. The zero-order valence-electron chi connectivity index (χ0n) is 15.3. The fraction of sp³-hybridized carbons (Fsp3) is 0.278. The molecule has 148 valence electrons. The van der Waals surface area contributed by atoms with E-state index in [-0.39, 0.29) is 31.2 Å². The molecule has 11 nitrogen and oxygen atoms in total. The van der Waals surface area contributed by atoms with Crippen molar-refractivity contribution in [1.29, 1.82) is 0 Å². The lowest BCUT2D eigenvalue weighted by Crippen LogP contribution is -2.24. The zero-order valence-corrected chi connectivity index (χ0v) is 15.3. The van der Waals surface area contributed by atoms with Gasteiger partial charge in [-0.25, -0.2) is 9.67 Å². The predicted molar refractivity (Wildman–Crippen MR) is 97.4 cm³/mol. The molecule has 0 spiro atoms. The molecule has 4 heterocycles. The van der Waals surface area contributed by atoms with Crippen LogP contribution in [0.4, 0.5) is 0 Å². The van der Waals surface area contributed by atoms with Gasteiger partial charge in [-0.2, -0.15) is 10.1 Å². The molecule has 0 fully saturated rings. The average molecular weight is 396 g/mol. The molecule has 1 aliphatic heterocycles. The molecule has 0 radical (unpaired) electrons. The van der Waals surface area contributed by atoms with Crippen LogP contribution in [0.3, 0.4) is 0 Å². The molecule has 0 amide bonds. The minimum Gasteiger partial charge on any atom is -0.454 e. The third-order valence-electron chi connectivity index (χ3n) is 4.67. The third kappa shape index (κ3) is 3.10. The first-order valence-electron chi connectivity index (χ1n) is 8.85. The van der Waals surface area contributed by atoms with Crippen LogP contribution in [0.15, 0.2) is 40.0 Å². The highest BCUT2D eigenvalue weighted by molar-refractivity contribution is 5.72. The quantitative estimate of drug-likeness (QED) is 0.514. The van der Waals surface area contributed by atoms with Crippen LogP contribution in [0.2, 0.25) is 0 Å². The van der Waals surface area contributed by atoms with E-state index in [1.807, 2.05) is 0 Å². The molecule has 1 atom stereocenters. The Labute approximate surface area is 163 Å². The third-order valence-corrected chi connectivity index (χ3v) is 4.67. The first-order valence-corrected chi connectivity index (χ1v) is 8.85. The van der Waals surface area contributed by atoms with E-state index in [9.17, 15) is 9.90 Å². The first-order chi connectivity index (χ1) is 14.1. The number of benzene rings is 1. The van der Waals surface area contributed by atoms with Gasteiger partial charge in [0.15, 0.2) is 17.3 Å². The minimum atomic E-state index is -0.846. The maximum Gasteiger partial charge on any atom is 0.293 e. The maximum atomic E-state index is 12.6. The Bertz CT molecular complexity index is 1260. The highest BCUT2D eigenvalue weighted by Gasteiger charge is 2.19. The van der Waals surface area contributed by atoms with Crippen molar-refractivity contribution in [3.8, 4) is 11.5 Å². The average Bonchev–Trinajstić information content (AvgIpc) is 3.44. The van der Waals surface area contributed by atoms with E-state index in [0.29, 0.717) is 33.9 Å². The van der Waals surface area contributed by atoms with Crippen LogP contribution in [0.1, 0.15) is 23.4 Å². The second kappa shape index (κ2) is 6.71. The highest BCUT2D eigenvalue weighted by atomic mass is 16.7. The van der Waals surface area contributed by atoms with E-state index in [1.54, 1.807) is 36.1 Å². The van der Waals surface area contributed by atoms with Gasteiger partial charge in [0.1, 0.15) is 17.6 Å². The molecular weight excluding hydrogens is 380 g/mol. The number of nitrogens with zero attached hydrogens (tertiary/aromatic N) is 6. The molecular formula is C18H16N6O5. The summed E-state index contributed by atoms with van der Waals surface area (Å²) in [6.45, 7) is 0.189. The lowest BCUT2D eigenvalue weighted by Gasteiger charge is -2.09. The van der Waals surface area contributed by atoms with Crippen molar-refractivity contribution in [3.05, 3.63) is 58.4 Å². The van der Waals surface area contributed by atoms with Gasteiger partial charge >= 0.3 is 0 Å². The molecule has 1 aromatic carbocycles. The molecule has 5 rings (SSSR count). The van der Waals surface area contributed by atoms with E-state index >= 15 is 0 Å². The summed E-state index contributed by atoms with van der Waals surface area (Å²) in [5.41, 5.74) is 1.31. The molecule has 29 heavy (non-hydrogen) atoms. The van der Waals surface area contributed by atoms with Gasteiger partial charge in [0.05, 0.1) is 18.6 Å². The predicted octanol–water partition coefficient (Wildman–Crippen LogP) is 0.566. The molecule has 11 heteroatoms. The Balaban J connectivity index is 1.33. The molecule has 1 aliphatic rings. The summed E-state index contributed by atoms with van der Waals surface area (Å²) < 4.78 is 18.7. The van der Waals surface area contributed by atoms with E-state index < -0.39 is 6.10 Å². The maximum absolute atomic E-state index is 12.6. The second-order valence-corrected chi connectivity index (χ2v) is 6.63. The Kier molecular flexibility index (Phi) is 4.02. The molecule has 1 N–H and O–H groups in total. The fourth-order valence-corrected chi connectivity index (χ4v) is 3.19. The molecule has 4 aromatic rings. The summed E-state index contributed by atoms with van der Waals surface area (Å²) in [6.07, 6.45) is 2.37. The van der Waals surface area contributed by atoms with Crippen LogP contribution < -0.4 is 15.0 Å². The number of ether oxygens (including phenoxy) is 2. The van der Waals surface area contributed by atoms with Crippen molar-refractivity contribution in [1.82, 2.24) is 29.5 Å². The van der Waals surface area contributed by atoms with Gasteiger partial charge in [-0.3, -0.25) is 4.79 Å². The van der Waals surface area contributed by atoms with Crippen molar-refractivity contribution >= 4 is 11.0 Å². The number of imidazole rings is 1. The van der Waals surface area contributed by atoms with E-state index in [0.717, 1.165) is 0 Å². The molecule has 0 bridgehead atoms. The van der Waals surface area contributed by atoms with Gasteiger partial charge in [-0.05, 0) is 17.7 Å². The van der Waals surface area contributed by atoms with E-state index in [2.05, 4.69) is 20.2 Å². The fourth-order valence-electron chi connectivity index (χ4n) is 3.19. The van der Waals surface area contributed by atoms with Crippen LogP contribution in [-0.4, -0.2) is 41.4 Å². The number of aliphatic hydroxyl groups is 1. The summed E-state index contributed by atoms with van der Waals surface area (Å²) in [7, 11) is 1.74. The normalized spacial score (nSPS) is 13.9. The Morgan fingerprint density at radius 1 is 1.28 bits per heavy atom. The lowest BCUT2D eigenvalue weighted by atomic mass is 10.1. The highest BCUT2D eigenvalue weighted by Crippen LogP contribution is 2.34. The van der Waals surface area contributed by atoms with Gasteiger partial charge in [-0.15, -0.1) is 0 Å². The van der Waals surface area contributed by atoms with Crippen molar-refractivity contribution < 1.29 is 19.1 Å². The van der Waals surface area contributed by atoms with E-state index in [1.165, 1.54) is 10.9 Å². The number of hydrogen-bond acceptors (Lipinski definition) is 9. The number of rotatable bonds is 5. The monoisotopic (exact) mass is 396 g/mol. The van der Waals surface area contributed by atoms with Crippen molar-refractivity contribution in [2.24, 2.45) is 7.05 Å². The smallest absolute Gasteiger partial charge is 0.293 e. The summed E-state index contributed by atoms with van der Waals surface area (Å²) in [4.78, 5) is 20.9. The largest absolute Gasteiger partial charge is 0.454 e. The Hall–Kier alpha value is -3.73. The van der Waals surface area contributed by atoms with Crippen LogP contribution in [0.5, 0.6) is 11.5 Å². The SMILES string of the molecule is Cn1cnc2cnn(Cc3nc(C[C@H](O)c4ccc5c(c4)OCO5)no3)c(=O)c21. The van der Waals surface area contributed by atoms with Gasteiger partial charge in [0, 0.05) is 13.5 Å². The van der Waals surface area contributed by atoms with Crippen molar-refractivity contribution in [2.75, 3.05) is 6.79 Å². The standard InChI is InChI=1S/C18H16N6O5/c1-23-8-19-11-6-20-24(18(26)17(11)23)7-16-21-15(22-29-16)5-12(25)10-2-3-13-14(4-10)28-9-27-13/h2-4,6,8,12,25H,5,7,9H2,1H3/t12-/m0/s1. The topological polar surface area (TPSA) is 130 Å². The number of aliphatic hydroxyl groups excluding tert-OH is 1. The van der Waals surface area contributed by atoms with Crippen LogP contribution in [-0.2, 0) is 20.0 Å². The van der Waals surface area contributed by atoms with Crippen LogP contribution in [0.25, 0.3) is 11.0 Å². The number of aromatic nitrogens is 6. The molecule has 3 aromatic heterocycles. The lowest BCUT2D eigenvalue weighted by molar-refractivity contribution is 0.170. The summed E-state index contributed by atoms with van der Waals surface area (Å²) in [5.74, 6) is 1.77. The molecule has 0 unspecified atom stereocenters. The second-order valence-electron chi connectivity index (χ2n) is 6.63.